The zero-order valence-electron chi connectivity index (χ0n) is 15.5. The summed E-state index contributed by atoms with van der Waals surface area (Å²) in [4.78, 5) is 45.7. The van der Waals surface area contributed by atoms with Crippen molar-refractivity contribution >= 4 is 22.9 Å². The van der Waals surface area contributed by atoms with Crippen LogP contribution in [0.25, 0.3) is 11.1 Å². The molecule has 27 heavy (non-hydrogen) atoms. The summed E-state index contributed by atoms with van der Waals surface area (Å²) in [6.45, 7) is 4.51. The van der Waals surface area contributed by atoms with Crippen molar-refractivity contribution in [3.63, 3.8) is 0 Å². The minimum Gasteiger partial charge on any atom is -0.442 e. The second kappa shape index (κ2) is 6.80. The molecule has 1 N–H and O–H groups in total. The third-order valence-electron chi connectivity index (χ3n) is 5.41. The van der Waals surface area contributed by atoms with Gasteiger partial charge in [-0.3, -0.25) is 14.4 Å². The van der Waals surface area contributed by atoms with Crippen LogP contribution in [0.5, 0.6) is 0 Å². The number of carbonyl (C=O) groups is 2. The van der Waals surface area contributed by atoms with Crippen molar-refractivity contribution in [3.8, 4) is 0 Å². The highest BCUT2D eigenvalue weighted by Crippen LogP contribution is 2.25. The van der Waals surface area contributed by atoms with Crippen molar-refractivity contribution in [3.05, 3.63) is 28.0 Å². The maximum atomic E-state index is 13.2. The molecule has 1 unspecified atom stereocenters. The maximum absolute atomic E-state index is 13.2. The second-order valence-corrected chi connectivity index (χ2v) is 7.19. The molecule has 0 radical (unpaired) electrons. The molecule has 0 saturated carbocycles. The molecular weight excluding hydrogens is 350 g/mol. The van der Waals surface area contributed by atoms with Gasteiger partial charge in [0.1, 0.15) is 17.5 Å². The summed E-state index contributed by atoms with van der Waals surface area (Å²) < 4.78 is 6.90. The Bertz CT molecular complexity index is 963. The van der Waals surface area contributed by atoms with Crippen LogP contribution in [0.1, 0.15) is 29.0 Å². The first kappa shape index (κ1) is 17.7. The fourth-order valence-electron chi connectivity index (χ4n) is 4.00. The normalized spacial score (nSPS) is 21.1. The SMILES string of the molecule is Cc1oc2ncn(C)c(=O)c2c1C(=O)N1CCCC(N2CCNCC2=O)C1. The number of aryl methyl sites for hydroxylation is 2. The minimum absolute atomic E-state index is 0.0109. The molecule has 9 heteroatoms. The number of furan rings is 1. The standard InChI is InChI=1S/C18H23N5O4/c1-11-14(15-16(27-11)20-10-21(2)17(15)25)18(26)22-6-3-4-12(9-22)23-7-5-19-8-13(23)24/h10,12,19H,3-9H2,1-2H3. The third-order valence-corrected chi connectivity index (χ3v) is 5.41. The molecule has 4 rings (SSSR count). The molecule has 2 aromatic rings. The summed E-state index contributed by atoms with van der Waals surface area (Å²) in [5.41, 5.74) is 0.168. The molecule has 144 valence electrons. The van der Waals surface area contributed by atoms with Gasteiger partial charge in [0.25, 0.3) is 11.5 Å². The van der Waals surface area contributed by atoms with Gasteiger partial charge in [0, 0.05) is 39.3 Å². The molecule has 0 bridgehead atoms. The predicted molar refractivity (Wildman–Crippen MR) is 97.5 cm³/mol. The monoisotopic (exact) mass is 373 g/mol. The van der Waals surface area contributed by atoms with Gasteiger partial charge < -0.3 is 24.1 Å². The van der Waals surface area contributed by atoms with Gasteiger partial charge in [0.15, 0.2) is 0 Å². The first-order chi connectivity index (χ1) is 13.0. The van der Waals surface area contributed by atoms with Gasteiger partial charge in [-0.2, -0.15) is 0 Å². The molecule has 2 aromatic heterocycles. The summed E-state index contributed by atoms with van der Waals surface area (Å²) in [5.74, 6) is 0.235. The van der Waals surface area contributed by atoms with Crippen LogP contribution in [0.2, 0.25) is 0 Å². The Balaban J connectivity index is 1.64. The van der Waals surface area contributed by atoms with E-state index in [0.29, 0.717) is 31.9 Å². The van der Waals surface area contributed by atoms with E-state index in [1.165, 1.54) is 10.9 Å². The number of piperidine rings is 1. The van der Waals surface area contributed by atoms with Crippen molar-refractivity contribution in [2.75, 3.05) is 32.7 Å². The molecule has 0 aliphatic carbocycles. The molecule has 2 saturated heterocycles. The number of nitrogens with one attached hydrogen (secondary N) is 1. The smallest absolute Gasteiger partial charge is 0.265 e. The van der Waals surface area contributed by atoms with Gasteiger partial charge in [-0.1, -0.05) is 0 Å². The van der Waals surface area contributed by atoms with E-state index in [9.17, 15) is 14.4 Å². The Labute approximate surface area is 155 Å². The van der Waals surface area contributed by atoms with Gasteiger partial charge >= 0.3 is 0 Å². The molecule has 9 nitrogen and oxygen atoms in total. The zero-order valence-corrected chi connectivity index (χ0v) is 15.5. The summed E-state index contributed by atoms with van der Waals surface area (Å²) >= 11 is 0. The van der Waals surface area contributed by atoms with Gasteiger partial charge in [0.05, 0.1) is 12.1 Å². The van der Waals surface area contributed by atoms with E-state index >= 15 is 0 Å². The first-order valence-corrected chi connectivity index (χ1v) is 9.21. The van der Waals surface area contributed by atoms with Crippen molar-refractivity contribution in [2.24, 2.45) is 7.05 Å². The molecule has 0 aromatic carbocycles. The van der Waals surface area contributed by atoms with E-state index in [1.807, 2.05) is 4.90 Å². The highest BCUT2D eigenvalue weighted by Gasteiger charge is 2.34. The predicted octanol–water partition coefficient (Wildman–Crippen LogP) is -0.129. The van der Waals surface area contributed by atoms with E-state index in [4.69, 9.17) is 4.42 Å². The minimum atomic E-state index is -0.300. The van der Waals surface area contributed by atoms with Crippen LogP contribution < -0.4 is 10.9 Å². The fourth-order valence-corrected chi connectivity index (χ4v) is 4.00. The lowest BCUT2D eigenvalue weighted by Gasteiger charge is -2.41. The number of nitrogens with zero attached hydrogens (tertiary/aromatic N) is 4. The average Bonchev–Trinajstić information content (AvgIpc) is 3.01. The highest BCUT2D eigenvalue weighted by atomic mass is 16.3. The lowest BCUT2D eigenvalue weighted by molar-refractivity contribution is -0.135. The molecular formula is C18H23N5O4. The number of amides is 2. The number of likely N-dealkylation sites (tertiary alicyclic amines) is 1. The molecule has 2 amide bonds. The van der Waals surface area contributed by atoms with Crippen molar-refractivity contribution in [1.29, 1.82) is 0 Å². The van der Waals surface area contributed by atoms with E-state index in [-0.39, 0.29) is 40.1 Å². The lowest BCUT2D eigenvalue weighted by Crippen LogP contribution is -2.57. The molecule has 0 spiro atoms. The molecule has 2 fully saturated rings. The number of piperazine rings is 1. The van der Waals surface area contributed by atoms with Crippen molar-refractivity contribution in [2.45, 2.75) is 25.8 Å². The van der Waals surface area contributed by atoms with Crippen LogP contribution in [0.4, 0.5) is 0 Å². The number of hydrogen-bond donors (Lipinski definition) is 1. The Kier molecular flexibility index (Phi) is 4.47. The van der Waals surface area contributed by atoms with Crippen LogP contribution in [-0.2, 0) is 11.8 Å². The van der Waals surface area contributed by atoms with Crippen LogP contribution >= 0.6 is 0 Å². The average molecular weight is 373 g/mol. The molecule has 4 heterocycles. The van der Waals surface area contributed by atoms with E-state index in [1.54, 1.807) is 18.9 Å². The van der Waals surface area contributed by atoms with Gasteiger partial charge in [0.2, 0.25) is 11.6 Å². The van der Waals surface area contributed by atoms with Crippen molar-refractivity contribution in [1.82, 2.24) is 24.7 Å². The maximum Gasteiger partial charge on any atom is 0.265 e. The van der Waals surface area contributed by atoms with Crippen LogP contribution in [0.15, 0.2) is 15.5 Å². The largest absolute Gasteiger partial charge is 0.442 e. The fraction of sp³-hybridized carbons (Fsp3) is 0.556. The van der Waals surface area contributed by atoms with Crippen LogP contribution in [0.3, 0.4) is 0 Å². The number of carbonyl (C=O) groups excluding carboxylic acids is 2. The molecule has 1 atom stereocenters. The van der Waals surface area contributed by atoms with E-state index < -0.39 is 0 Å². The quantitative estimate of drug-likeness (QED) is 0.787. The van der Waals surface area contributed by atoms with Gasteiger partial charge in [-0.05, 0) is 19.8 Å². The Morgan fingerprint density at radius 1 is 1.33 bits per heavy atom. The third kappa shape index (κ3) is 3.01. The highest BCUT2D eigenvalue weighted by molar-refractivity contribution is 6.06. The van der Waals surface area contributed by atoms with E-state index in [2.05, 4.69) is 10.3 Å². The van der Waals surface area contributed by atoms with Crippen LogP contribution in [0, 0.1) is 6.92 Å². The Hall–Kier alpha value is -2.68. The summed E-state index contributed by atoms with van der Waals surface area (Å²) in [6.07, 6.45) is 3.08. The number of fused-ring (bicyclic) bond motifs is 1. The van der Waals surface area contributed by atoms with Gasteiger partial charge in [-0.15, -0.1) is 0 Å². The number of aromatic nitrogens is 2. The lowest BCUT2D eigenvalue weighted by atomic mass is 10.0. The molecule has 2 aliphatic rings. The first-order valence-electron chi connectivity index (χ1n) is 9.21. The Morgan fingerprint density at radius 3 is 2.93 bits per heavy atom. The summed E-state index contributed by atoms with van der Waals surface area (Å²) in [7, 11) is 1.60. The van der Waals surface area contributed by atoms with Crippen LogP contribution in [-0.4, -0.2) is 69.9 Å². The number of hydrogen-bond acceptors (Lipinski definition) is 6. The topological polar surface area (TPSA) is 101 Å². The second-order valence-electron chi connectivity index (χ2n) is 7.19. The zero-order chi connectivity index (χ0) is 19.1. The molecule has 2 aliphatic heterocycles. The summed E-state index contributed by atoms with van der Waals surface area (Å²) in [6, 6.07) is 0.0109. The summed E-state index contributed by atoms with van der Waals surface area (Å²) in [5, 5.41) is 3.30. The van der Waals surface area contributed by atoms with Crippen molar-refractivity contribution < 1.29 is 14.0 Å². The Morgan fingerprint density at radius 2 is 2.15 bits per heavy atom. The van der Waals surface area contributed by atoms with E-state index in [0.717, 1.165) is 19.4 Å². The van der Waals surface area contributed by atoms with Gasteiger partial charge in [-0.25, -0.2) is 4.98 Å². The number of rotatable bonds is 2.